The zero-order valence-electron chi connectivity index (χ0n) is 11.4. The molecule has 0 aromatic heterocycles. The molecule has 1 aliphatic rings. The van der Waals surface area contributed by atoms with Crippen molar-refractivity contribution >= 4 is 17.9 Å². The quantitative estimate of drug-likeness (QED) is 0.534. The minimum Gasteiger partial charge on any atom is -0.463 e. The first-order chi connectivity index (χ1) is 8.81. The fourth-order valence-electron chi connectivity index (χ4n) is 1.93. The second-order valence-corrected chi connectivity index (χ2v) is 4.33. The third kappa shape index (κ3) is 4.51. The van der Waals surface area contributed by atoms with Crippen molar-refractivity contribution < 1.29 is 33.3 Å². The summed E-state index contributed by atoms with van der Waals surface area (Å²) in [4.78, 5) is 32.9. The van der Waals surface area contributed by atoms with Crippen molar-refractivity contribution in [3.8, 4) is 0 Å². The lowest BCUT2D eigenvalue weighted by Gasteiger charge is -2.22. The van der Waals surface area contributed by atoms with Crippen molar-refractivity contribution in [1.82, 2.24) is 0 Å². The Bertz CT molecular complexity index is 365. The molecule has 0 aliphatic carbocycles. The predicted molar refractivity (Wildman–Crippen MR) is 62.1 cm³/mol. The van der Waals surface area contributed by atoms with Crippen LogP contribution in [0.5, 0.6) is 0 Å². The van der Waals surface area contributed by atoms with Gasteiger partial charge in [0.05, 0.1) is 6.10 Å². The number of esters is 3. The third-order valence-electron chi connectivity index (χ3n) is 2.60. The molecule has 1 saturated heterocycles. The molecule has 0 bridgehead atoms. The average molecular weight is 274 g/mol. The van der Waals surface area contributed by atoms with E-state index in [1.807, 2.05) is 0 Å². The van der Waals surface area contributed by atoms with Gasteiger partial charge in [0, 0.05) is 20.8 Å². The molecule has 0 unspecified atom stereocenters. The number of hydrogen-bond acceptors (Lipinski definition) is 7. The number of rotatable bonds is 4. The van der Waals surface area contributed by atoms with E-state index in [1.54, 1.807) is 6.92 Å². The number of hydrogen-bond donors (Lipinski definition) is 0. The summed E-state index contributed by atoms with van der Waals surface area (Å²) in [5.41, 5.74) is 0. The molecule has 108 valence electrons. The van der Waals surface area contributed by atoms with Crippen LogP contribution in [0.25, 0.3) is 0 Å². The highest BCUT2D eigenvalue weighted by molar-refractivity contribution is 5.67. The van der Waals surface area contributed by atoms with E-state index in [0.717, 1.165) is 0 Å². The van der Waals surface area contributed by atoms with Crippen LogP contribution < -0.4 is 0 Å². The van der Waals surface area contributed by atoms with Crippen molar-refractivity contribution in [1.29, 1.82) is 0 Å². The van der Waals surface area contributed by atoms with Crippen LogP contribution in [0.2, 0.25) is 0 Å². The lowest BCUT2D eigenvalue weighted by atomic mass is 10.1. The van der Waals surface area contributed by atoms with E-state index in [2.05, 4.69) is 0 Å². The lowest BCUT2D eigenvalue weighted by molar-refractivity contribution is -0.165. The van der Waals surface area contributed by atoms with E-state index in [1.165, 1.54) is 20.8 Å². The van der Waals surface area contributed by atoms with Crippen molar-refractivity contribution in [2.45, 2.75) is 52.1 Å². The van der Waals surface area contributed by atoms with Crippen molar-refractivity contribution in [2.75, 3.05) is 6.61 Å². The van der Waals surface area contributed by atoms with E-state index in [-0.39, 0.29) is 6.61 Å². The van der Waals surface area contributed by atoms with Crippen LogP contribution in [-0.4, -0.2) is 48.9 Å². The molecule has 1 aliphatic heterocycles. The Morgan fingerprint density at radius 1 is 0.947 bits per heavy atom. The second kappa shape index (κ2) is 6.51. The van der Waals surface area contributed by atoms with E-state index < -0.39 is 42.3 Å². The molecule has 0 spiro atoms. The molecule has 0 radical (unpaired) electrons. The highest BCUT2D eigenvalue weighted by atomic mass is 16.6. The van der Waals surface area contributed by atoms with Crippen molar-refractivity contribution in [2.24, 2.45) is 0 Å². The maximum atomic E-state index is 11.1. The smallest absolute Gasteiger partial charge is 0.303 e. The fraction of sp³-hybridized carbons (Fsp3) is 0.750. The van der Waals surface area contributed by atoms with Gasteiger partial charge in [0.25, 0.3) is 0 Å². The first kappa shape index (κ1) is 15.4. The number of carbonyl (C=O) groups is 3. The minimum absolute atomic E-state index is 0.0601. The van der Waals surface area contributed by atoms with Gasteiger partial charge in [-0.3, -0.25) is 14.4 Å². The Balaban J connectivity index is 2.76. The maximum absolute atomic E-state index is 11.1. The summed E-state index contributed by atoms with van der Waals surface area (Å²) in [6.07, 6.45) is -2.58. The van der Waals surface area contributed by atoms with E-state index in [4.69, 9.17) is 18.9 Å². The van der Waals surface area contributed by atoms with Gasteiger partial charge in [0.1, 0.15) is 12.7 Å². The van der Waals surface area contributed by atoms with Crippen LogP contribution in [0.3, 0.4) is 0 Å². The molecule has 0 amide bonds. The first-order valence-corrected chi connectivity index (χ1v) is 5.94. The largest absolute Gasteiger partial charge is 0.463 e. The van der Waals surface area contributed by atoms with Crippen molar-refractivity contribution in [3.05, 3.63) is 0 Å². The molecule has 4 atom stereocenters. The lowest BCUT2D eigenvalue weighted by Crippen LogP contribution is -2.40. The Morgan fingerprint density at radius 3 is 1.95 bits per heavy atom. The Labute approximate surface area is 111 Å². The summed E-state index contributed by atoms with van der Waals surface area (Å²) in [7, 11) is 0. The molecule has 0 aromatic rings. The number of carbonyl (C=O) groups excluding carboxylic acids is 3. The summed E-state index contributed by atoms with van der Waals surface area (Å²) in [5.74, 6) is -1.48. The van der Waals surface area contributed by atoms with Gasteiger partial charge in [-0.2, -0.15) is 0 Å². The van der Waals surface area contributed by atoms with Crippen LogP contribution in [0, 0.1) is 0 Å². The topological polar surface area (TPSA) is 88.1 Å². The van der Waals surface area contributed by atoms with Gasteiger partial charge in [0.15, 0.2) is 12.2 Å². The highest BCUT2D eigenvalue weighted by Gasteiger charge is 2.47. The van der Waals surface area contributed by atoms with Gasteiger partial charge >= 0.3 is 17.9 Å². The maximum Gasteiger partial charge on any atom is 0.303 e. The van der Waals surface area contributed by atoms with Crippen molar-refractivity contribution in [3.63, 3.8) is 0 Å². The minimum atomic E-state index is -0.782. The SMILES string of the molecule is CC(=O)OC[C@H]1O[C@@H](C)[C@@H](OC(C)=O)[C@H]1OC(C)=O. The molecule has 1 heterocycles. The summed E-state index contributed by atoms with van der Waals surface area (Å²) in [6, 6.07) is 0. The van der Waals surface area contributed by atoms with Gasteiger partial charge in [-0.15, -0.1) is 0 Å². The van der Waals surface area contributed by atoms with E-state index in [9.17, 15) is 14.4 Å². The van der Waals surface area contributed by atoms with Gasteiger partial charge in [-0.1, -0.05) is 0 Å². The normalized spacial score (nSPS) is 29.7. The average Bonchev–Trinajstić information content (AvgIpc) is 2.53. The van der Waals surface area contributed by atoms with Crippen LogP contribution in [0.4, 0.5) is 0 Å². The molecular formula is C12H18O7. The molecule has 0 N–H and O–H groups in total. The standard InChI is InChI=1S/C12H18O7/c1-6-11(18-8(3)14)12(19-9(4)15)10(17-6)5-16-7(2)13/h6,10-12H,5H2,1-4H3/t6-,10+,11+,12-/m0/s1. The molecule has 0 saturated carbocycles. The van der Waals surface area contributed by atoms with E-state index in [0.29, 0.717) is 0 Å². The van der Waals surface area contributed by atoms with E-state index >= 15 is 0 Å². The molecule has 7 nitrogen and oxygen atoms in total. The summed E-state index contributed by atoms with van der Waals surface area (Å²) >= 11 is 0. The van der Waals surface area contributed by atoms with Gasteiger partial charge in [0.2, 0.25) is 0 Å². The molecule has 0 aromatic carbocycles. The zero-order chi connectivity index (χ0) is 14.6. The zero-order valence-corrected chi connectivity index (χ0v) is 11.4. The molecular weight excluding hydrogens is 256 g/mol. The Kier molecular flexibility index (Phi) is 5.29. The Morgan fingerprint density at radius 2 is 1.47 bits per heavy atom. The fourth-order valence-corrected chi connectivity index (χ4v) is 1.93. The Hall–Kier alpha value is -1.63. The van der Waals surface area contributed by atoms with Crippen LogP contribution in [-0.2, 0) is 33.3 Å². The van der Waals surface area contributed by atoms with Gasteiger partial charge in [-0.05, 0) is 6.92 Å². The second-order valence-electron chi connectivity index (χ2n) is 4.33. The highest BCUT2D eigenvalue weighted by Crippen LogP contribution is 2.27. The van der Waals surface area contributed by atoms with Crippen LogP contribution in [0.1, 0.15) is 27.7 Å². The molecule has 7 heteroatoms. The summed E-state index contributed by atoms with van der Waals surface area (Å²) < 4.78 is 20.6. The molecule has 1 rings (SSSR count). The van der Waals surface area contributed by atoms with Crippen LogP contribution >= 0.6 is 0 Å². The van der Waals surface area contributed by atoms with Gasteiger partial charge < -0.3 is 18.9 Å². The molecule has 1 fully saturated rings. The number of ether oxygens (including phenoxy) is 4. The van der Waals surface area contributed by atoms with Crippen LogP contribution in [0.15, 0.2) is 0 Å². The van der Waals surface area contributed by atoms with Gasteiger partial charge in [-0.25, -0.2) is 0 Å². The monoisotopic (exact) mass is 274 g/mol. The first-order valence-electron chi connectivity index (χ1n) is 5.94. The third-order valence-corrected chi connectivity index (χ3v) is 2.60. The molecule has 19 heavy (non-hydrogen) atoms. The summed E-state index contributed by atoms with van der Waals surface area (Å²) in [6.45, 7) is 5.41. The predicted octanol–water partition coefficient (Wildman–Crippen LogP) is 0.200. The summed E-state index contributed by atoms with van der Waals surface area (Å²) in [5, 5.41) is 0.